The molecule has 0 aliphatic heterocycles. The summed E-state index contributed by atoms with van der Waals surface area (Å²) < 4.78 is 11.1. The molecule has 1 heterocycles. The van der Waals surface area contributed by atoms with Crippen molar-refractivity contribution in [2.75, 3.05) is 6.61 Å². The minimum absolute atomic E-state index is 0.271. The Hall–Kier alpha value is -2.24. The molecule has 0 radical (unpaired) electrons. The molecule has 0 aliphatic rings. The zero-order valence-electron chi connectivity index (χ0n) is 12.7. The van der Waals surface area contributed by atoms with Crippen LogP contribution in [0.1, 0.15) is 0 Å². The van der Waals surface area contributed by atoms with Crippen LogP contribution in [0.5, 0.6) is 17.2 Å². The molecular formula is C18H15ClN2O2S. The number of halogens is 1. The molecule has 0 bridgehead atoms. The van der Waals surface area contributed by atoms with Crippen LogP contribution in [0.2, 0.25) is 0 Å². The van der Waals surface area contributed by atoms with Crippen molar-refractivity contribution < 1.29 is 9.47 Å². The highest BCUT2D eigenvalue weighted by Gasteiger charge is 2.09. The standard InChI is InChI=1S/C18H15ClN2O2S/c19-17(24-18-20-11-4-12-21-18)13-22-14-7-9-16(10-8-14)23-15-5-2-1-3-6-15/h1-12,17H,13H2. The predicted molar refractivity (Wildman–Crippen MR) is 96.0 cm³/mol. The maximum absolute atomic E-state index is 6.24. The summed E-state index contributed by atoms with van der Waals surface area (Å²) in [7, 11) is 0. The van der Waals surface area contributed by atoms with Gasteiger partial charge >= 0.3 is 0 Å². The molecule has 0 N–H and O–H groups in total. The van der Waals surface area contributed by atoms with Crippen LogP contribution in [0.3, 0.4) is 0 Å². The van der Waals surface area contributed by atoms with Crippen molar-refractivity contribution in [1.82, 2.24) is 9.97 Å². The number of benzene rings is 2. The molecule has 0 amide bonds. The van der Waals surface area contributed by atoms with Gasteiger partial charge in [0.15, 0.2) is 5.16 Å². The van der Waals surface area contributed by atoms with E-state index in [0.29, 0.717) is 11.8 Å². The normalized spacial score (nSPS) is 11.7. The van der Waals surface area contributed by atoms with E-state index in [9.17, 15) is 0 Å². The maximum atomic E-state index is 6.24. The van der Waals surface area contributed by atoms with Gasteiger partial charge in [-0.2, -0.15) is 0 Å². The summed E-state index contributed by atoms with van der Waals surface area (Å²) in [5.74, 6) is 2.28. The van der Waals surface area contributed by atoms with Crippen molar-refractivity contribution in [3.63, 3.8) is 0 Å². The number of hydrogen-bond donors (Lipinski definition) is 0. The van der Waals surface area contributed by atoms with Crippen LogP contribution in [-0.2, 0) is 0 Å². The van der Waals surface area contributed by atoms with Gasteiger partial charge in [-0.3, -0.25) is 0 Å². The topological polar surface area (TPSA) is 44.2 Å². The van der Waals surface area contributed by atoms with Crippen molar-refractivity contribution in [3.05, 3.63) is 73.1 Å². The van der Waals surface area contributed by atoms with Gasteiger partial charge in [-0.15, -0.1) is 11.6 Å². The second kappa shape index (κ2) is 8.57. The average molecular weight is 359 g/mol. The van der Waals surface area contributed by atoms with Crippen LogP contribution in [0, 0.1) is 0 Å². The first-order valence-corrected chi connectivity index (χ1v) is 8.65. The second-order valence-electron chi connectivity index (χ2n) is 4.76. The van der Waals surface area contributed by atoms with E-state index in [2.05, 4.69) is 9.97 Å². The molecule has 24 heavy (non-hydrogen) atoms. The number of thioether (sulfide) groups is 1. The zero-order valence-corrected chi connectivity index (χ0v) is 14.3. The summed E-state index contributed by atoms with van der Waals surface area (Å²) in [6.45, 7) is 0.351. The Morgan fingerprint density at radius 1 is 0.833 bits per heavy atom. The van der Waals surface area contributed by atoms with E-state index in [0.717, 1.165) is 17.2 Å². The lowest BCUT2D eigenvalue weighted by Crippen LogP contribution is -2.08. The Kier molecular flexibility index (Phi) is 5.93. The fraction of sp³-hybridized carbons (Fsp3) is 0.111. The molecular weight excluding hydrogens is 344 g/mol. The molecule has 2 aromatic carbocycles. The average Bonchev–Trinajstić information content (AvgIpc) is 2.63. The van der Waals surface area contributed by atoms with Gasteiger partial charge in [-0.25, -0.2) is 9.97 Å². The monoisotopic (exact) mass is 358 g/mol. The highest BCUT2D eigenvalue weighted by molar-refractivity contribution is 8.00. The van der Waals surface area contributed by atoms with Gasteiger partial charge in [0.25, 0.3) is 0 Å². The second-order valence-corrected chi connectivity index (χ2v) is 6.71. The van der Waals surface area contributed by atoms with E-state index < -0.39 is 0 Å². The molecule has 0 saturated heterocycles. The lowest BCUT2D eigenvalue weighted by Gasteiger charge is -2.11. The van der Waals surface area contributed by atoms with Crippen LogP contribution in [-0.4, -0.2) is 21.3 Å². The van der Waals surface area contributed by atoms with E-state index >= 15 is 0 Å². The highest BCUT2D eigenvalue weighted by Crippen LogP contribution is 2.26. The van der Waals surface area contributed by atoms with Gasteiger partial charge in [0.1, 0.15) is 28.6 Å². The third-order valence-electron chi connectivity index (χ3n) is 2.96. The number of aromatic nitrogens is 2. The van der Waals surface area contributed by atoms with E-state index in [-0.39, 0.29) is 4.71 Å². The summed E-state index contributed by atoms with van der Waals surface area (Å²) >= 11 is 7.60. The number of nitrogens with zero attached hydrogens (tertiary/aromatic N) is 2. The number of hydrogen-bond acceptors (Lipinski definition) is 5. The van der Waals surface area contributed by atoms with Gasteiger partial charge in [0.2, 0.25) is 0 Å². The third kappa shape index (κ3) is 5.15. The Labute approximate surface area is 149 Å². The van der Waals surface area contributed by atoms with Crippen molar-refractivity contribution in [2.45, 2.75) is 9.87 Å². The zero-order chi connectivity index (χ0) is 16.6. The first-order valence-electron chi connectivity index (χ1n) is 7.33. The maximum Gasteiger partial charge on any atom is 0.189 e. The number of rotatable bonds is 7. The largest absolute Gasteiger partial charge is 0.491 e. The molecule has 122 valence electrons. The van der Waals surface area contributed by atoms with Crippen molar-refractivity contribution in [3.8, 4) is 17.2 Å². The van der Waals surface area contributed by atoms with Crippen LogP contribution in [0.4, 0.5) is 0 Å². The summed E-state index contributed by atoms with van der Waals surface area (Å²) in [4.78, 5) is 8.24. The molecule has 1 unspecified atom stereocenters. The first-order chi connectivity index (χ1) is 11.8. The van der Waals surface area contributed by atoms with Crippen molar-refractivity contribution in [2.24, 2.45) is 0 Å². The fourth-order valence-electron chi connectivity index (χ4n) is 1.88. The molecule has 0 fully saturated rings. The smallest absolute Gasteiger partial charge is 0.189 e. The molecule has 3 rings (SSSR count). The molecule has 6 heteroatoms. The lowest BCUT2D eigenvalue weighted by molar-refractivity contribution is 0.335. The quantitative estimate of drug-likeness (QED) is 0.337. The van der Waals surface area contributed by atoms with E-state index in [1.165, 1.54) is 11.8 Å². The highest BCUT2D eigenvalue weighted by atomic mass is 35.5. The third-order valence-corrected chi connectivity index (χ3v) is 4.17. The minimum Gasteiger partial charge on any atom is -0.491 e. The van der Waals surface area contributed by atoms with Crippen LogP contribution >= 0.6 is 23.4 Å². The summed E-state index contributed by atoms with van der Waals surface area (Å²) in [6, 6.07) is 18.8. The van der Waals surface area contributed by atoms with Gasteiger partial charge < -0.3 is 9.47 Å². The van der Waals surface area contributed by atoms with Gasteiger partial charge in [0, 0.05) is 12.4 Å². The molecule has 0 spiro atoms. The van der Waals surface area contributed by atoms with Crippen molar-refractivity contribution in [1.29, 1.82) is 0 Å². The lowest BCUT2D eigenvalue weighted by atomic mass is 10.3. The van der Waals surface area contributed by atoms with Crippen LogP contribution in [0.15, 0.2) is 78.2 Å². The molecule has 1 aromatic heterocycles. The Bertz CT molecular complexity index is 742. The number of para-hydroxylation sites is 1. The first kappa shape index (κ1) is 16.6. The molecule has 4 nitrogen and oxygen atoms in total. The van der Waals surface area contributed by atoms with Crippen LogP contribution in [0.25, 0.3) is 0 Å². The van der Waals surface area contributed by atoms with Gasteiger partial charge in [-0.05, 0) is 42.5 Å². The SMILES string of the molecule is ClC(COc1ccc(Oc2ccccc2)cc1)Sc1ncccn1. The van der Waals surface area contributed by atoms with E-state index in [4.69, 9.17) is 21.1 Å². The fourth-order valence-corrected chi connectivity index (χ4v) is 2.80. The summed E-state index contributed by atoms with van der Waals surface area (Å²) in [5, 5.41) is 0.632. The Morgan fingerprint density at radius 2 is 1.46 bits per heavy atom. The Balaban J connectivity index is 1.49. The van der Waals surface area contributed by atoms with E-state index in [1.807, 2.05) is 54.6 Å². The van der Waals surface area contributed by atoms with E-state index in [1.54, 1.807) is 18.5 Å². The Morgan fingerprint density at radius 3 is 2.17 bits per heavy atom. The van der Waals surface area contributed by atoms with Gasteiger partial charge in [0.05, 0.1) is 0 Å². The molecule has 0 aliphatic carbocycles. The van der Waals surface area contributed by atoms with Crippen LogP contribution < -0.4 is 9.47 Å². The minimum atomic E-state index is -0.271. The summed E-state index contributed by atoms with van der Waals surface area (Å²) in [6.07, 6.45) is 3.37. The summed E-state index contributed by atoms with van der Waals surface area (Å²) in [5.41, 5.74) is 0. The van der Waals surface area contributed by atoms with Gasteiger partial charge in [-0.1, -0.05) is 30.0 Å². The molecule has 3 aromatic rings. The molecule has 1 atom stereocenters. The molecule has 0 saturated carbocycles. The number of alkyl halides is 1. The van der Waals surface area contributed by atoms with Crippen molar-refractivity contribution >= 4 is 23.4 Å². The predicted octanol–water partition coefficient (Wildman–Crippen LogP) is 5.00. The number of ether oxygens (including phenoxy) is 2.